The molecule has 2 fully saturated rings. The van der Waals surface area contributed by atoms with Gasteiger partial charge in [0.15, 0.2) is 5.82 Å². The molecule has 146 valence electrons. The summed E-state index contributed by atoms with van der Waals surface area (Å²) in [4.78, 5) is 21.9. The molecule has 1 unspecified atom stereocenters. The zero-order chi connectivity index (χ0) is 18.7. The molecule has 0 aliphatic carbocycles. The van der Waals surface area contributed by atoms with E-state index in [1.165, 1.54) is 0 Å². The molecule has 2 saturated heterocycles. The molecule has 7 nitrogen and oxygen atoms in total. The van der Waals surface area contributed by atoms with E-state index in [1.807, 2.05) is 11.8 Å². The van der Waals surface area contributed by atoms with Gasteiger partial charge in [0.1, 0.15) is 6.54 Å². The van der Waals surface area contributed by atoms with E-state index in [-0.39, 0.29) is 6.54 Å². The first kappa shape index (κ1) is 19.1. The first-order valence-corrected chi connectivity index (χ1v) is 8.99. The highest BCUT2D eigenvalue weighted by molar-refractivity contribution is 5.82. The number of piperidine rings is 1. The van der Waals surface area contributed by atoms with Crippen LogP contribution >= 0.6 is 0 Å². The van der Waals surface area contributed by atoms with Crippen molar-refractivity contribution < 1.29 is 22.5 Å². The van der Waals surface area contributed by atoms with Crippen molar-refractivity contribution in [1.82, 2.24) is 24.8 Å². The second-order valence-electron chi connectivity index (χ2n) is 6.80. The Morgan fingerprint density at radius 3 is 2.54 bits per heavy atom. The van der Waals surface area contributed by atoms with E-state index in [0.29, 0.717) is 50.6 Å². The molecule has 0 radical (unpaired) electrons. The van der Waals surface area contributed by atoms with Crippen LogP contribution in [-0.2, 0) is 17.8 Å². The number of piperazine rings is 1. The predicted molar refractivity (Wildman–Crippen MR) is 86.2 cm³/mol. The zero-order valence-electron chi connectivity index (χ0n) is 14.8. The van der Waals surface area contributed by atoms with Crippen LogP contribution in [0.25, 0.3) is 0 Å². The third-order valence-electron chi connectivity index (χ3n) is 4.90. The van der Waals surface area contributed by atoms with Gasteiger partial charge in [-0.3, -0.25) is 14.6 Å². The van der Waals surface area contributed by atoms with Crippen LogP contribution in [0.5, 0.6) is 0 Å². The number of amides is 1. The van der Waals surface area contributed by atoms with E-state index < -0.39 is 24.7 Å². The number of carbonyl (C=O) groups is 1. The normalized spacial score (nSPS) is 23.6. The number of hydrogen-bond donors (Lipinski definition) is 0. The summed E-state index contributed by atoms with van der Waals surface area (Å²) in [7, 11) is 0. The third-order valence-corrected chi connectivity index (χ3v) is 4.90. The fourth-order valence-electron chi connectivity index (χ4n) is 3.56. The summed E-state index contributed by atoms with van der Waals surface area (Å²) in [5.41, 5.74) is 0. The van der Waals surface area contributed by atoms with Gasteiger partial charge < -0.3 is 9.42 Å². The van der Waals surface area contributed by atoms with Crippen molar-refractivity contribution in [2.45, 2.75) is 44.9 Å². The van der Waals surface area contributed by atoms with Crippen molar-refractivity contribution in [2.75, 3.05) is 39.3 Å². The Balaban J connectivity index is 1.51. The first-order valence-electron chi connectivity index (χ1n) is 8.99. The van der Waals surface area contributed by atoms with Crippen molar-refractivity contribution in [3.8, 4) is 0 Å². The molecule has 3 heterocycles. The summed E-state index contributed by atoms with van der Waals surface area (Å²) < 4.78 is 43.0. The molecule has 0 saturated carbocycles. The van der Waals surface area contributed by atoms with Crippen molar-refractivity contribution in [3.05, 3.63) is 11.7 Å². The minimum absolute atomic E-state index is 0.187. The minimum atomic E-state index is -4.35. The molecule has 0 N–H and O–H groups in total. The van der Waals surface area contributed by atoms with E-state index in [4.69, 9.17) is 4.52 Å². The number of likely N-dealkylation sites (tertiary alicyclic amines) is 1. The summed E-state index contributed by atoms with van der Waals surface area (Å²) in [6.45, 7) is 4.30. The Kier molecular flexibility index (Phi) is 5.81. The van der Waals surface area contributed by atoms with Gasteiger partial charge in [0.05, 0.1) is 12.6 Å². The van der Waals surface area contributed by atoms with Crippen LogP contribution in [-0.4, -0.2) is 82.2 Å². The molecule has 0 bridgehead atoms. The monoisotopic (exact) mass is 375 g/mol. The lowest BCUT2D eigenvalue weighted by atomic mass is 10.0. The molecule has 2 aliphatic heterocycles. The third kappa shape index (κ3) is 4.73. The van der Waals surface area contributed by atoms with Crippen LogP contribution in [0.4, 0.5) is 13.2 Å². The number of hydrogen-bond acceptors (Lipinski definition) is 6. The lowest BCUT2D eigenvalue weighted by Gasteiger charge is -2.42. The van der Waals surface area contributed by atoms with E-state index in [2.05, 4.69) is 15.0 Å². The topological polar surface area (TPSA) is 65.7 Å². The highest BCUT2D eigenvalue weighted by Gasteiger charge is 2.39. The lowest BCUT2D eigenvalue weighted by molar-refractivity contribution is -0.168. The van der Waals surface area contributed by atoms with E-state index in [1.54, 1.807) is 0 Å². The van der Waals surface area contributed by atoms with E-state index in [0.717, 1.165) is 18.0 Å². The van der Waals surface area contributed by atoms with Crippen LogP contribution in [0, 0.1) is 0 Å². The number of nitrogens with zero attached hydrogens (tertiary/aromatic N) is 5. The fraction of sp³-hybridized carbons (Fsp3) is 0.812. The fourth-order valence-corrected chi connectivity index (χ4v) is 3.56. The second-order valence-corrected chi connectivity index (χ2v) is 6.80. The molecule has 2 aliphatic rings. The Morgan fingerprint density at radius 1 is 1.19 bits per heavy atom. The average Bonchev–Trinajstić information content (AvgIpc) is 3.04. The number of aromatic nitrogens is 2. The Bertz CT molecular complexity index is 613. The van der Waals surface area contributed by atoms with E-state index in [9.17, 15) is 18.0 Å². The molecule has 1 aromatic rings. The molecular weight excluding hydrogens is 351 g/mol. The Morgan fingerprint density at radius 2 is 1.92 bits per heavy atom. The molecule has 10 heteroatoms. The lowest BCUT2D eigenvalue weighted by Crippen LogP contribution is -2.58. The average molecular weight is 375 g/mol. The summed E-state index contributed by atoms with van der Waals surface area (Å²) >= 11 is 0. The largest absolute Gasteiger partial charge is 0.406 e. The Hall–Kier alpha value is -1.68. The van der Waals surface area contributed by atoms with Crippen molar-refractivity contribution in [3.63, 3.8) is 0 Å². The number of aryl methyl sites for hydroxylation is 1. The van der Waals surface area contributed by atoms with Crippen LogP contribution in [0.15, 0.2) is 4.52 Å². The van der Waals surface area contributed by atoms with Crippen molar-refractivity contribution in [2.24, 2.45) is 0 Å². The van der Waals surface area contributed by atoms with Crippen LogP contribution in [0.1, 0.15) is 31.5 Å². The molecule has 3 rings (SSSR count). The summed E-state index contributed by atoms with van der Waals surface area (Å²) in [5.74, 6) is 0.851. The second kappa shape index (κ2) is 7.91. The molecule has 0 spiro atoms. The van der Waals surface area contributed by atoms with Crippen molar-refractivity contribution in [1.29, 1.82) is 0 Å². The summed E-state index contributed by atoms with van der Waals surface area (Å²) in [5, 5.41) is 3.94. The van der Waals surface area contributed by atoms with Gasteiger partial charge in [-0.05, 0) is 12.8 Å². The number of rotatable bonds is 5. The van der Waals surface area contributed by atoms with Crippen LogP contribution in [0.3, 0.4) is 0 Å². The SMILES string of the molecule is CCc1nc(CN2CCN(C3CCCN(CC(F)(F)F)C3=O)CC2)no1. The quantitative estimate of drug-likeness (QED) is 0.773. The maximum atomic E-state index is 12.6. The van der Waals surface area contributed by atoms with Gasteiger partial charge in [0.2, 0.25) is 11.8 Å². The van der Waals surface area contributed by atoms with Gasteiger partial charge in [-0.1, -0.05) is 12.1 Å². The molecule has 0 aromatic carbocycles. The Labute approximate surface area is 150 Å². The summed E-state index contributed by atoms with van der Waals surface area (Å²) in [6.07, 6.45) is -2.43. The number of halogens is 3. The van der Waals surface area contributed by atoms with Gasteiger partial charge in [-0.25, -0.2) is 0 Å². The van der Waals surface area contributed by atoms with E-state index >= 15 is 0 Å². The summed E-state index contributed by atoms with van der Waals surface area (Å²) in [6, 6.07) is -0.440. The highest BCUT2D eigenvalue weighted by atomic mass is 19.4. The van der Waals surface area contributed by atoms with Gasteiger partial charge in [0.25, 0.3) is 0 Å². The molecule has 26 heavy (non-hydrogen) atoms. The molecule has 1 atom stereocenters. The molecule has 1 aromatic heterocycles. The van der Waals surface area contributed by atoms with Gasteiger partial charge in [-0.15, -0.1) is 0 Å². The van der Waals surface area contributed by atoms with Gasteiger partial charge >= 0.3 is 6.18 Å². The maximum Gasteiger partial charge on any atom is 0.406 e. The molecular formula is C16H24F3N5O2. The smallest absolute Gasteiger partial charge is 0.339 e. The minimum Gasteiger partial charge on any atom is -0.339 e. The number of alkyl halides is 3. The first-order chi connectivity index (χ1) is 12.4. The predicted octanol–water partition coefficient (Wildman–Crippen LogP) is 1.30. The highest BCUT2D eigenvalue weighted by Crippen LogP contribution is 2.23. The molecule has 1 amide bonds. The van der Waals surface area contributed by atoms with Gasteiger partial charge in [-0.2, -0.15) is 18.2 Å². The van der Waals surface area contributed by atoms with Gasteiger partial charge in [0, 0.05) is 39.1 Å². The van der Waals surface area contributed by atoms with Crippen LogP contribution < -0.4 is 0 Å². The zero-order valence-corrected chi connectivity index (χ0v) is 14.8. The van der Waals surface area contributed by atoms with Crippen molar-refractivity contribution >= 4 is 5.91 Å². The maximum absolute atomic E-state index is 12.6. The number of carbonyl (C=O) groups excluding carboxylic acids is 1. The van der Waals surface area contributed by atoms with Crippen LogP contribution in [0.2, 0.25) is 0 Å². The standard InChI is InChI=1S/C16H24F3N5O2/c1-2-14-20-13(21-26-14)10-22-6-8-23(9-7-22)12-4-3-5-24(15(12)25)11-16(17,18)19/h12H,2-11H2,1H3.